The van der Waals surface area contributed by atoms with Crippen molar-refractivity contribution in [1.82, 2.24) is 13.4 Å². The number of aromatic nitrogens is 2. The summed E-state index contributed by atoms with van der Waals surface area (Å²) >= 11 is 0. The van der Waals surface area contributed by atoms with Crippen molar-refractivity contribution in [2.75, 3.05) is 13.1 Å². The standard InChI is InChI=1S/C13H21N3O4S/c1-9-5-10(2)7-16(6-9)21(19,20)11-8-14(3)13(18)15(4)12(11)17/h8-10H,5-7H2,1-4H3/t9-,10-/m1/s1. The maximum absolute atomic E-state index is 12.7. The van der Waals surface area contributed by atoms with E-state index in [0.717, 1.165) is 21.8 Å². The van der Waals surface area contributed by atoms with Gasteiger partial charge >= 0.3 is 5.69 Å². The largest absolute Gasteiger partial charge is 0.330 e. The van der Waals surface area contributed by atoms with E-state index in [1.165, 1.54) is 18.4 Å². The SMILES string of the molecule is C[C@@H]1C[C@@H](C)CN(S(=O)(=O)c2cn(C)c(=O)n(C)c2=O)C1. The van der Waals surface area contributed by atoms with Crippen LogP contribution in [0, 0.1) is 11.8 Å². The molecule has 0 unspecified atom stereocenters. The molecule has 0 saturated carbocycles. The molecule has 1 saturated heterocycles. The van der Waals surface area contributed by atoms with Crippen molar-refractivity contribution in [2.45, 2.75) is 25.2 Å². The van der Waals surface area contributed by atoms with E-state index in [9.17, 15) is 18.0 Å². The summed E-state index contributed by atoms with van der Waals surface area (Å²) in [6.07, 6.45) is 2.08. The Labute approximate surface area is 123 Å². The van der Waals surface area contributed by atoms with Gasteiger partial charge in [-0.15, -0.1) is 0 Å². The van der Waals surface area contributed by atoms with Gasteiger partial charge in [0.05, 0.1) is 0 Å². The summed E-state index contributed by atoms with van der Waals surface area (Å²) < 4.78 is 28.7. The molecular weight excluding hydrogens is 294 g/mol. The number of hydrogen-bond acceptors (Lipinski definition) is 4. The molecule has 0 aromatic carbocycles. The molecule has 1 aliphatic heterocycles. The minimum absolute atomic E-state index is 0.250. The minimum atomic E-state index is -3.88. The molecule has 0 aliphatic carbocycles. The van der Waals surface area contributed by atoms with Crippen LogP contribution in [-0.2, 0) is 24.1 Å². The van der Waals surface area contributed by atoms with E-state index in [0.29, 0.717) is 13.1 Å². The summed E-state index contributed by atoms with van der Waals surface area (Å²) in [5.41, 5.74) is -1.32. The highest BCUT2D eigenvalue weighted by atomic mass is 32.2. The molecule has 2 rings (SSSR count). The first-order valence-electron chi connectivity index (χ1n) is 6.91. The fourth-order valence-electron chi connectivity index (χ4n) is 2.89. The molecule has 0 N–H and O–H groups in total. The smallest absolute Gasteiger partial charge is 0.302 e. The fraction of sp³-hybridized carbons (Fsp3) is 0.692. The van der Waals surface area contributed by atoms with E-state index in [1.54, 1.807) is 0 Å². The lowest BCUT2D eigenvalue weighted by molar-refractivity contribution is 0.222. The number of sulfonamides is 1. The zero-order chi connectivity index (χ0) is 15.9. The van der Waals surface area contributed by atoms with Gasteiger partial charge in [0.2, 0.25) is 10.0 Å². The number of hydrogen-bond donors (Lipinski definition) is 0. The Morgan fingerprint density at radius 2 is 1.62 bits per heavy atom. The molecule has 7 nitrogen and oxygen atoms in total. The molecule has 2 atom stereocenters. The summed E-state index contributed by atoms with van der Waals surface area (Å²) in [4.78, 5) is 23.5. The number of nitrogens with zero attached hydrogens (tertiary/aromatic N) is 3. The van der Waals surface area contributed by atoms with Crippen LogP contribution in [0.5, 0.6) is 0 Å². The topological polar surface area (TPSA) is 81.4 Å². The summed E-state index contributed by atoms with van der Waals surface area (Å²) in [5, 5.41) is 0. The van der Waals surface area contributed by atoms with Gasteiger partial charge in [-0.2, -0.15) is 4.31 Å². The highest BCUT2D eigenvalue weighted by Crippen LogP contribution is 2.25. The zero-order valence-corrected chi connectivity index (χ0v) is 13.6. The van der Waals surface area contributed by atoms with E-state index in [2.05, 4.69) is 0 Å². The van der Waals surface area contributed by atoms with Crippen LogP contribution in [0.3, 0.4) is 0 Å². The van der Waals surface area contributed by atoms with Crippen LogP contribution < -0.4 is 11.2 Å². The molecule has 1 aromatic rings. The lowest BCUT2D eigenvalue weighted by Gasteiger charge is -2.33. The van der Waals surface area contributed by atoms with Gasteiger partial charge in [0.25, 0.3) is 5.56 Å². The Kier molecular flexibility index (Phi) is 4.12. The van der Waals surface area contributed by atoms with Gasteiger partial charge < -0.3 is 4.57 Å². The second-order valence-corrected chi connectivity index (χ2v) is 7.93. The molecule has 8 heteroatoms. The first-order chi connectivity index (χ1) is 9.64. The summed E-state index contributed by atoms with van der Waals surface area (Å²) in [6, 6.07) is 0. The van der Waals surface area contributed by atoms with Crippen LogP contribution >= 0.6 is 0 Å². The Bertz CT molecular complexity index is 753. The zero-order valence-electron chi connectivity index (χ0n) is 12.7. The van der Waals surface area contributed by atoms with Crippen LogP contribution in [0.1, 0.15) is 20.3 Å². The van der Waals surface area contributed by atoms with Crippen LogP contribution in [0.25, 0.3) is 0 Å². The number of rotatable bonds is 2. The van der Waals surface area contributed by atoms with Crippen LogP contribution in [0.4, 0.5) is 0 Å². The second kappa shape index (κ2) is 5.42. The first-order valence-corrected chi connectivity index (χ1v) is 8.35. The molecule has 21 heavy (non-hydrogen) atoms. The average Bonchev–Trinajstić information content (AvgIpc) is 2.39. The molecular formula is C13H21N3O4S. The van der Waals surface area contributed by atoms with Gasteiger partial charge in [0.1, 0.15) is 0 Å². The number of piperidine rings is 1. The summed E-state index contributed by atoms with van der Waals surface area (Å²) in [6.45, 7) is 4.80. The van der Waals surface area contributed by atoms with Crippen molar-refractivity contribution in [3.63, 3.8) is 0 Å². The van der Waals surface area contributed by atoms with E-state index < -0.39 is 21.3 Å². The van der Waals surface area contributed by atoms with E-state index in [-0.39, 0.29) is 16.7 Å². The van der Waals surface area contributed by atoms with Gasteiger partial charge in [-0.25, -0.2) is 13.2 Å². The van der Waals surface area contributed by atoms with Crippen molar-refractivity contribution < 1.29 is 8.42 Å². The third-order valence-corrected chi connectivity index (χ3v) is 5.68. The Hall–Kier alpha value is -1.41. The predicted octanol–water partition coefficient (Wildman–Crippen LogP) is -0.249. The highest BCUT2D eigenvalue weighted by molar-refractivity contribution is 7.89. The van der Waals surface area contributed by atoms with Crippen molar-refractivity contribution in [3.05, 3.63) is 27.0 Å². The third-order valence-electron chi connectivity index (χ3n) is 3.87. The van der Waals surface area contributed by atoms with Gasteiger partial charge in [0.15, 0.2) is 4.90 Å². The van der Waals surface area contributed by atoms with Crippen molar-refractivity contribution in [2.24, 2.45) is 25.9 Å². The van der Waals surface area contributed by atoms with E-state index in [1.807, 2.05) is 13.8 Å². The maximum Gasteiger partial charge on any atom is 0.330 e. The lowest BCUT2D eigenvalue weighted by Crippen LogP contribution is -2.46. The molecule has 0 spiro atoms. The molecule has 1 aromatic heterocycles. The molecule has 1 aliphatic rings. The molecule has 0 bridgehead atoms. The summed E-state index contributed by atoms with van der Waals surface area (Å²) in [5.74, 6) is 0.500. The quantitative estimate of drug-likeness (QED) is 0.754. The van der Waals surface area contributed by atoms with Gasteiger partial charge in [-0.3, -0.25) is 9.36 Å². The van der Waals surface area contributed by atoms with Crippen molar-refractivity contribution in [1.29, 1.82) is 0 Å². The first kappa shape index (κ1) is 16.0. The van der Waals surface area contributed by atoms with Crippen molar-refractivity contribution >= 4 is 10.0 Å². The Morgan fingerprint density at radius 1 is 1.10 bits per heavy atom. The van der Waals surface area contributed by atoms with Crippen LogP contribution in [-0.4, -0.2) is 34.9 Å². The second-order valence-electron chi connectivity index (χ2n) is 6.02. The number of aryl methyl sites for hydroxylation is 1. The molecule has 118 valence electrons. The van der Waals surface area contributed by atoms with Crippen LogP contribution in [0.15, 0.2) is 20.7 Å². The normalized spacial score (nSPS) is 24.2. The Morgan fingerprint density at radius 3 is 2.14 bits per heavy atom. The molecule has 1 fully saturated rings. The summed E-state index contributed by atoms with van der Waals surface area (Å²) in [7, 11) is -1.16. The van der Waals surface area contributed by atoms with Gasteiger partial charge in [-0.1, -0.05) is 13.8 Å². The lowest BCUT2D eigenvalue weighted by atomic mass is 9.94. The average molecular weight is 315 g/mol. The maximum atomic E-state index is 12.7. The van der Waals surface area contributed by atoms with E-state index >= 15 is 0 Å². The Balaban J connectivity index is 2.55. The fourth-order valence-corrected chi connectivity index (χ4v) is 4.72. The van der Waals surface area contributed by atoms with Gasteiger partial charge in [-0.05, 0) is 18.3 Å². The predicted molar refractivity (Wildman–Crippen MR) is 78.6 cm³/mol. The van der Waals surface area contributed by atoms with Crippen molar-refractivity contribution in [3.8, 4) is 0 Å². The molecule has 2 heterocycles. The molecule has 0 amide bonds. The van der Waals surface area contributed by atoms with E-state index in [4.69, 9.17) is 0 Å². The van der Waals surface area contributed by atoms with Crippen LogP contribution in [0.2, 0.25) is 0 Å². The minimum Gasteiger partial charge on any atom is -0.302 e. The third kappa shape index (κ3) is 2.82. The monoisotopic (exact) mass is 315 g/mol. The highest BCUT2D eigenvalue weighted by Gasteiger charge is 2.34. The van der Waals surface area contributed by atoms with Gasteiger partial charge in [0, 0.05) is 33.4 Å². The molecule has 0 radical (unpaired) electrons.